The van der Waals surface area contributed by atoms with E-state index in [2.05, 4.69) is 12.2 Å². The molecule has 0 saturated carbocycles. The number of carbonyl (C=O) groups excluding carboxylic acids is 2. The first kappa shape index (κ1) is 18.1. The Labute approximate surface area is 143 Å². The molecular formula is C18H26N2O4. The quantitative estimate of drug-likeness (QED) is 0.775. The summed E-state index contributed by atoms with van der Waals surface area (Å²) < 4.78 is 10.3. The maximum Gasteiger partial charge on any atom is 0.308 e. The van der Waals surface area contributed by atoms with E-state index in [1.807, 2.05) is 24.3 Å². The van der Waals surface area contributed by atoms with Gasteiger partial charge in [0.25, 0.3) is 5.91 Å². The highest BCUT2D eigenvalue weighted by Crippen LogP contribution is 2.22. The molecule has 0 bridgehead atoms. The van der Waals surface area contributed by atoms with Gasteiger partial charge in [-0.25, -0.2) is 0 Å². The fourth-order valence-electron chi connectivity index (χ4n) is 2.65. The number of nitrogens with one attached hydrogen (secondary N) is 1. The van der Waals surface area contributed by atoms with E-state index in [1.54, 1.807) is 12.0 Å². The number of benzene rings is 1. The number of hydrogen-bond acceptors (Lipinski definition) is 5. The van der Waals surface area contributed by atoms with E-state index in [4.69, 9.17) is 9.47 Å². The molecule has 1 heterocycles. The number of amides is 1. The molecule has 1 amide bonds. The molecular weight excluding hydrogens is 308 g/mol. The van der Waals surface area contributed by atoms with Gasteiger partial charge in [-0.05, 0) is 30.9 Å². The highest BCUT2D eigenvalue weighted by atomic mass is 16.5. The molecule has 1 aromatic rings. The number of hydrogen-bond donors (Lipinski definition) is 1. The van der Waals surface area contributed by atoms with Gasteiger partial charge in [0, 0.05) is 19.6 Å². The first-order valence-corrected chi connectivity index (χ1v) is 8.40. The molecule has 1 saturated heterocycles. The second-order valence-electron chi connectivity index (χ2n) is 6.10. The van der Waals surface area contributed by atoms with Gasteiger partial charge in [-0.2, -0.15) is 0 Å². The second kappa shape index (κ2) is 9.15. The predicted octanol–water partition coefficient (Wildman–Crippen LogP) is 2.30. The van der Waals surface area contributed by atoms with Crippen molar-refractivity contribution in [1.82, 2.24) is 4.90 Å². The summed E-state index contributed by atoms with van der Waals surface area (Å²) in [6.07, 6.45) is 2.23. The summed E-state index contributed by atoms with van der Waals surface area (Å²) in [5.74, 6) is 0.905. The van der Waals surface area contributed by atoms with Crippen LogP contribution in [0.1, 0.15) is 26.2 Å². The van der Waals surface area contributed by atoms with Crippen molar-refractivity contribution >= 4 is 17.6 Å². The van der Waals surface area contributed by atoms with E-state index >= 15 is 0 Å². The summed E-state index contributed by atoms with van der Waals surface area (Å²) >= 11 is 0. The molecule has 2 rings (SSSR count). The van der Waals surface area contributed by atoms with Crippen LogP contribution in [0.15, 0.2) is 24.3 Å². The van der Waals surface area contributed by atoms with Gasteiger partial charge in [0.15, 0.2) is 6.61 Å². The Morgan fingerprint density at radius 2 is 1.96 bits per heavy atom. The predicted molar refractivity (Wildman–Crippen MR) is 92.0 cm³/mol. The number of esters is 1. The number of methoxy groups -OCH3 is 1. The highest BCUT2D eigenvalue weighted by molar-refractivity contribution is 5.80. The van der Waals surface area contributed by atoms with Crippen molar-refractivity contribution in [2.75, 3.05) is 38.7 Å². The summed E-state index contributed by atoms with van der Waals surface area (Å²) in [4.78, 5) is 25.5. The van der Waals surface area contributed by atoms with Crippen LogP contribution in [0, 0.1) is 5.92 Å². The fraction of sp³-hybridized carbons (Fsp3) is 0.556. The summed E-state index contributed by atoms with van der Waals surface area (Å²) in [6.45, 7) is 3.97. The minimum absolute atomic E-state index is 0.104. The Balaban J connectivity index is 1.65. The molecule has 6 nitrogen and oxygen atoms in total. The van der Waals surface area contributed by atoms with Crippen molar-refractivity contribution < 1.29 is 19.1 Å². The van der Waals surface area contributed by atoms with Crippen molar-refractivity contribution in [1.29, 1.82) is 0 Å². The van der Waals surface area contributed by atoms with Crippen LogP contribution in [0.2, 0.25) is 0 Å². The average molecular weight is 334 g/mol. The van der Waals surface area contributed by atoms with Crippen LogP contribution in [0.25, 0.3) is 0 Å². The van der Waals surface area contributed by atoms with Gasteiger partial charge >= 0.3 is 5.97 Å². The standard InChI is InChI=1S/C18H26N2O4/c1-14-8-11-20(12-9-14)17(21)13-24-18(22)7-10-19-15-5-3-4-6-16(15)23-2/h3-6,14,19H,7-13H2,1-2H3. The molecule has 24 heavy (non-hydrogen) atoms. The first-order chi connectivity index (χ1) is 11.6. The van der Waals surface area contributed by atoms with E-state index in [0.29, 0.717) is 12.5 Å². The number of carbonyl (C=O) groups is 2. The second-order valence-corrected chi connectivity index (χ2v) is 6.10. The molecule has 132 valence electrons. The van der Waals surface area contributed by atoms with Crippen molar-refractivity contribution in [2.45, 2.75) is 26.2 Å². The lowest BCUT2D eigenvalue weighted by molar-refractivity contribution is -0.152. The van der Waals surface area contributed by atoms with Crippen molar-refractivity contribution in [2.24, 2.45) is 5.92 Å². The van der Waals surface area contributed by atoms with E-state index in [1.165, 1.54) is 0 Å². The van der Waals surface area contributed by atoms with Gasteiger partial charge in [-0.15, -0.1) is 0 Å². The molecule has 0 radical (unpaired) electrons. The topological polar surface area (TPSA) is 67.9 Å². The number of likely N-dealkylation sites (tertiary alicyclic amines) is 1. The third-order valence-electron chi connectivity index (χ3n) is 4.24. The molecule has 1 aromatic carbocycles. The van der Waals surface area contributed by atoms with Crippen LogP contribution in [0.5, 0.6) is 5.75 Å². The Hall–Kier alpha value is -2.24. The molecule has 1 aliphatic rings. The maximum absolute atomic E-state index is 12.0. The molecule has 0 unspecified atom stereocenters. The number of piperidine rings is 1. The minimum Gasteiger partial charge on any atom is -0.495 e. The van der Waals surface area contributed by atoms with Crippen LogP contribution in [0.4, 0.5) is 5.69 Å². The SMILES string of the molecule is COc1ccccc1NCCC(=O)OCC(=O)N1CCC(C)CC1. The van der Waals surface area contributed by atoms with E-state index in [-0.39, 0.29) is 24.9 Å². The van der Waals surface area contributed by atoms with Gasteiger partial charge in [-0.1, -0.05) is 19.1 Å². The van der Waals surface area contributed by atoms with E-state index in [0.717, 1.165) is 37.4 Å². The molecule has 0 atom stereocenters. The van der Waals surface area contributed by atoms with Crippen LogP contribution >= 0.6 is 0 Å². The number of anilines is 1. The first-order valence-electron chi connectivity index (χ1n) is 8.40. The van der Waals surface area contributed by atoms with Crippen molar-refractivity contribution in [3.63, 3.8) is 0 Å². The van der Waals surface area contributed by atoms with Crippen LogP contribution in [-0.4, -0.2) is 50.1 Å². The van der Waals surface area contributed by atoms with E-state index in [9.17, 15) is 9.59 Å². The molecule has 6 heteroatoms. The van der Waals surface area contributed by atoms with Crippen LogP contribution < -0.4 is 10.1 Å². The van der Waals surface area contributed by atoms with Gasteiger partial charge in [0.05, 0.1) is 19.2 Å². The molecule has 1 aliphatic heterocycles. The average Bonchev–Trinajstić information content (AvgIpc) is 2.60. The number of para-hydroxylation sites is 2. The lowest BCUT2D eigenvalue weighted by atomic mass is 9.99. The number of nitrogens with zero attached hydrogens (tertiary/aromatic N) is 1. The van der Waals surface area contributed by atoms with Gasteiger partial charge in [-0.3, -0.25) is 9.59 Å². The fourth-order valence-corrected chi connectivity index (χ4v) is 2.65. The Morgan fingerprint density at radius 1 is 1.25 bits per heavy atom. The van der Waals surface area contributed by atoms with Gasteiger partial charge in [0.1, 0.15) is 5.75 Å². The summed E-state index contributed by atoms with van der Waals surface area (Å²) in [7, 11) is 1.60. The zero-order chi connectivity index (χ0) is 17.4. The Kier molecular flexibility index (Phi) is 6.90. The normalized spacial score (nSPS) is 15.0. The number of ether oxygens (including phenoxy) is 2. The molecule has 1 N–H and O–H groups in total. The third-order valence-corrected chi connectivity index (χ3v) is 4.24. The molecule has 0 spiro atoms. The molecule has 0 aliphatic carbocycles. The monoisotopic (exact) mass is 334 g/mol. The van der Waals surface area contributed by atoms with Gasteiger partial charge < -0.3 is 19.7 Å². The Bertz CT molecular complexity index is 554. The van der Waals surface area contributed by atoms with Gasteiger partial charge in [0.2, 0.25) is 0 Å². The summed E-state index contributed by atoms with van der Waals surface area (Å²) in [5.41, 5.74) is 0.825. The maximum atomic E-state index is 12.0. The largest absolute Gasteiger partial charge is 0.495 e. The lowest BCUT2D eigenvalue weighted by Gasteiger charge is -2.30. The lowest BCUT2D eigenvalue weighted by Crippen LogP contribution is -2.40. The smallest absolute Gasteiger partial charge is 0.308 e. The van der Waals surface area contributed by atoms with Crippen molar-refractivity contribution in [3.05, 3.63) is 24.3 Å². The molecule has 1 fully saturated rings. The van der Waals surface area contributed by atoms with Crippen LogP contribution in [-0.2, 0) is 14.3 Å². The zero-order valence-electron chi connectivity index (χ0n) is 14.4. The summed E-state index contributed by atoms with van der Waals surface area (Å²) in [5, 5.41) is 3.13. The zero-order valence-corrected chi connectivity index (χ0v) is 14.4. The minimum atomic E-state index is -0.379. The van der Waals surface area contributed by atoms with E-state index < -0.39 is 0 Å². The molecule has 0 aromatic heterocycles. The number of rotatable bonds is 7. The van der Waals surface area contributed by atoms with Crippen LogP contribution in [0.3, 0.4) is 0 Å². The third kappa shape index (κ3) is 5.44. The highest BCUT2D eigenvalue weighted by Gasteiger charge is 2.21. The Morgan fingerprint density at radius 3 is 2.67 bits per heavy atom. The van der Waals surface area contributed by atoms with Crippen molar-refractivity contribution in [3.8, 4) is 5.75 Å². The summed E-state index contributed by atoms with van der Waals surface area (Å²) in [6, 6.07) is 7.50.